The van der Waals surface area contributed by atoms with Crippen molar-refractivity contribution in [2.45, 2.75) is 45.3 Å². The van der Waals surface area contributed by atoms with Gasteiger partial charge in [0.15, 0.2) is 0 Å². The number of halogens is 2. The average Bonchev–Trinajstić information content (AvgIpc) is 2.38. The van der Waals surface area contributed by atoms with Gasteiger partial charge in [-0.15, -0.1) is 0 Å². The third-order valence-electron chi connectivity index (χ3n) is 3.89. The van der Waals surface area contributed by atoms with Crippen molar-refractivity contribution in [3.05, 3.63) is 33.8 Å². The van der Waals surface area contributed by atoms with Crippen molar-refractivity contribution in [3.63, 3.8) is 0 Å². The van der Waals surface area contributed by atoms with E-state index in [2.05, 4.69) is 24.1 Å². The van der Waals surface area contributed by atoms with Gasteiger partial charge in [0, 0.05) is 34.2 Å². The Labute approximate surface area is 126 Å². The molecular weight excluding hydrogens is 279 g/mol. The van der Waals surface area contributed by atoms with E-state index < -0.39 is 0 Å². The van der Waals surface area contributed by atoms with Gasteiger partial charge in [-0.3, -0.25) is 0 Å². The van der Waals surface area contributed by atoms with E-state index in [9.17, 15) is 0 Å². The zero-order chi connectivity index (χ0) is 13.8. The van der Waals surface area contributed by atoms with Gasteiger partial charge in [-0.1, -0.05) is 29.3 Å². The Kier molecular flexibility index (Phi) is 5.52. The summed E-state index contributed by atoms with van der Waals surface area (Å²) in [6.07, 6.45) is 2.39. The van der Waals surface area contributed by atoms with Crippen LogP contribution in [-0.2, 0) is 6.54 Å². The summed E-state index contributed by atoms with van der Waals surface area (Å²) in [7, 11) is 0. The molecular formula is C15H22Cl2N2. The zero-order valence-corrected chi connectivity index (χ0v) is 13.1. The van der Waals surface area contributed by atoms with E-state index in [-0.39, 0.29) is 0 Å². The molecule has 0 aliphatic carbocycles. The lowest BCUT2D eigenvalue weighted by Gasteiger charge is -2.35. The van der Waals surface area contributed by atoms with E-state index in [1.165, 1.54) is 25.9 Å². The zero-order valence-electron chi connectivity index (χ0n) is 11.6. The Morgan fingerprint density at radius 3 is 2.32 bits per heavy atom. The van der Waals surface area contributed by atoms with Gasteiger partial charge in [-0.2, -0.15) is 0 Å². The van der Waals surface area contributed by atoms with E-state index in [4.69, 9.17) is 23.2 Å². The molecule has 4 heteroatoms. The Bertz CT molecular complexity index is 392. The Morgan fingerprint density at radius 2 is 1.79 bits per heavy atom. The largest absolute Gasteiger partial charge is 0.310 e. The SMILES string of the molecule is CC(C)N1CCC(NCc2c(Cl)cccc2Cl)CC1. The maximum atomic E-state index is 6.18. The molecule has 1 N–H and O–H groups in total. The number of rotatable bonds is 4. The highest BCUT2D eigenvalue weighted by Crippen LogP contribution is 2.24. The first-order chi connectivity index (χ1) is 9.08. The summed E-state index contributed by atoms with van der Waals surface area (Å²) in [5.74, 6) is 0. The van der Waals surface area contributed by atoms with E-state index in [0.717, 1.165) is 22.2 Å². The van der Waals surface area contributed by atoms with Crippen LogP contribution in [0.5, 0.6) is 0 Å². The van der Waals surface area contributed by atoms with Crippen molar-refractivity contribution in [1.29, 1.82) is 0 Å². The summed E-state index contributed by atoms with van der Waals surface area (Å²) in [4.78, 5) is 2.53. The third kappa shape index (κ3) is 4.09. The molecule has 0 amide bonds. The van der Waals surface area contributed by atoms with E-state index in [1.807, 2.05) is 18.2 Å². The molecule has 0 unspecified atom stereocenters. The van der Waals surface area contributed by atoms with Gasteiger partial charge in [0.1, 0.15) is 0 Å². The van der Waals surface area contributed by atoms with Crippen LogP contribution in [0, 0.1) is 0 Å². The first-order valence-corrected chi connectivity index (χ1v) is 7.74. The van der Waals surface area contributed by atoms with Gasteiger partial charge in [-0.25, -0.2) is 0 Å². The van der Waals surface area contributed by atoms with Crippen LogP contribution in [0.3, 0.4) is 0 Å². The number of nitrogens with zero attached hydrogens (tertiary/aromatic N) is 1. The fourth-order valence-corrected chi connectivity index (χ4v) is 3.10. The van der Waals surface area contributed by atoms with Crippen molar-refractivity contribution in [3.8, 4) is 0 Å². The van der Waals surface area contributed by atoms with E-state index in [0.29, 0.717) is 12.1 Å². The lowest BCUT2D eigenvalue weighted by Crippen LogP contribution is -2.44. The molecule has 1 fully saturated rings. The number of likely N-dealkylation sites (tertiary alicyclic amines) is 1. The Hall–Kier alpha value is -0.280. The van der Waals surface area contributed by atoms with Crippen LogP contribution in [0.1, 0.15) is 32.3 Å². The third-order valence-corrected chi connectivity index (χ3v) is 4.60. The van der Waals surface area contributed by atoms with Gasteiger partial charge in [-0.05, 0) is 51.9 Å². The van der Waals surface area contributed by atoms with Gasteiger partial charge < -0.3 is 10.2 Å². The number of hydrogen-bond acceptors (Lipinski definition) is 2. The molecule has 1 aromatic carbocycles. The molecule has 106 valence electrons. The van der Waals surface area contributed by atoms with Crippen LogP contribution in [0.2, 0.25) is 10.0 Å². The standard InChI is InChI=1S/C15H22Cl2N2/c1-11(2)19-8-6-12(7-9-19)18-10-13-14(16)4-3-5-15(13)17/h3-5,11-12,18H,6-10H2,1-2H3. The molecule has 0 saturated carbocycles. The summed E-state index contributed by atoms with van der Waals surface area (Å²) in [6, 6.07) is 6.90. The second-order valence-corrected chi connectivity index (χ2v) is 6.30. The molecule has 0 atom stereocenters. The van der Waals surface area contributed by atoms with Crippen LogP contribution in [-0.4, -0.2) is 30.1 Å². The molecule has 19 heavy (non-hydrogen) atoms. The van der Waals surface area contributed by atoms with Crippen molar-refractivity contribution in [1.82, 2.24) is 10.2 Å². The van der Waals surface area contributed by atoms with Crippen molar-refractivity contribution < 1.29 is 0 Å². The van der Waals surface area contributed by atoms with Crippen LogP contribution >= 0.6 is 23.2 Å². The average molecular weight is 301 g/mol. The monoisotopic (exact) mass is 300 g/mol. The molecule has 0 radical (unpaired) electrons. The minimum Gasteiger partial charge on any atom is -0.310 e. The Balaban J connectivity index is 1.84. The number of hydrogen-bond donors (Lipinski definition) is 1. The number of nitrogens with one attached hydrogen (secondary N) is 1. The molecule has 1 aliphatic rings. The summed E-state index contributed by atoms with van der Waals surface area (Å²) in [6.45, 7) is 7.62. The highest BCUT2D eigenvalue weighted by molar-refractivity contribution is 6.35. The summed E-state index contributed by atoms with van der Waals surface area (Å²) < 4.78 is 0. The Morgan fingerprint density at radius 1 is 1.21 bits per heavy atom. The quantitative estimate of drug-likeness (QED) is 0.905. The molecule has 2 rings (SSSR count). The van der Waals surface area contributed by atoms with Crippen molar-refractivity contribution >= 4 is 23.2 Å². The summed E-state index contributed by atoms with van der Waals surface area (Å²) in [5, 5.41) is 5.08. The maximum absolute atomic E-state index is 6.18. The second-order valence-electron chi connectivity index (χ2n) is 5.49. The normalized spacial score (nSPS) is 18.2. The molecule has 1 saturated heterocycles. The van der Waals surface area contributed by atoms with E-state index in [1.54, 1.807) is 0 Å². The second kappa shape index (κ2) is 6.94. The fraction of sp³-hybridized carbons (Fsp3) is 0.600. The predicted octanol–water partition coefficient (Wildman–Crippen LogP) is 3.96. The molecule has 1 aromatic rings. The minimum absolute atomic E-state index is 0.572. The first-order valence-electron chi connectivity index (χ1n) is 6.98. The molecule has 2 nitrogen and oxygen atoms in total. The molecule has 1 aliphatic heterocycles. The van der Waals surface area contributed by atoms with Crippen LogP contribution in [0.15, 0.2) is 18.2 Å². The molecule has 0 bridgehead atoms. The first kappa shape index (κ1) is 15.1. The van der Waals surface area contributed by atoms with Crippen LogP contribution in [0.4, 0.5) is 0 Å². The van der Waals surface area contributed by atoms with E-state index >= 15 is 0 Å². The van der Waals surface area contributed by atoms with Gasteiger partial charge >= 0.3 is 0 Å². The highest BCUT2D eigenvalue weighted by atomic mass is 35.5. The lowest BCUT2D eigenvalue weighted by atomic mass is 10.0. The smallest absolute Gasteiger partial charge is 0.0465 e. The van der Waals surface area contributed by atoms with Gasteiger partial charge in [0.25, 0.3) is 0 Å². The lowest BCUT2D eigenvalue weighted by molar-refractivity contribution is 0.161. The molecule has 0 spiro atoms. The van der Waals surface area contributed by atoms with Crippen LogP contribution in [0.25, 0.3) is 0 Å². The van der Waals surface area contributed by atoms with Gasteiger partial charge in [0.2, 0.25) is 0 Å². The fourth-order valence-electron chi connectivity index (χ4n) is 2.57. The predicted molar refractivity (Wildman–Crippen MR) is 83.0 cm³/mol. The number of piperidine rings is 1. The maximum Gasteiger partial charge on any atom is 0.0465 e. The van der Waals surface area contributed by atoms with Crippen molar-refractivity contribution in [2.24, 2.45) is 0 Å². The summed E-state index contributed by atoms with van der Waals surface area (Å²) in [5.41, 5.74) is 1.01. The van der Waals surface area contributed by atoms with Crippen LogP contribution < -0.4 is 5.32 Å². The molecule has 0 aromatic heterocycles. The topological polar surface area (TPSA) is 15.3 Å². The molecule has 1 heterocycles. The van der Waals surface area contributed by atoms with Gasteiger partial charge in [0.05, 0.1) is 0 Å². The van der Waals surface area contributed by atoms with Crippen molar-refractivity contribution in [2.75, 3.05) is 13.1 Å². The number of benzene rings is 1. The summed E-state index contributed by atoms with van der Waals surface area (Å²) >= 11 is 12.4. The highest BCUT2D eigenvalue weighted by Gasteiger charge is 2.20. The minimum atomic E-state index is 0.572.